The topological polar surface area (TPSA) is 68.2 Å². The second-order valence-electron chi connectivity index (χ2n) is 4.77. The molecule has 6 nitrogen and oxygen atoms in total. The van der Waals surface area contributed by atoms with Gasteiger partial charge >= 0.3 is 0 Å². The van der Waals surface area contributed by atoms with Crippen LogP contribution in [0.4, 0.5) is 0 Å². The Morgan fingerprint density at radius 3 is 2.79 bits per heavy atom. The van der Waals surface area contributed by atoms with Gasteiger partial charge in [0.15, 0.2) is 0 Å². The van der Waals surface area contributed by atoms with E-state index in [1.807, 2.05) is 23.9 Å². The zero-order valence-electron chi connectivity index (χ0n) is 12.1. The summed E-state index contributed by atoms with van der Waals surface area (Å²) < 4.78 is 6.78. The summed E-state index contributed by atoms with van der Waals surface area (Å²) in [5.41, 5.74) is 0.935. The van der Waals surface area contributed by atoms with E-state index in [4.69, 9.17) is 4.74 Å². The van der Waals surface area contributed by atoms with Crippen molar-refractivity contribution < 1.29 is 9.53 Å². The third-order valence-corrected chi connectivity index (χ3v) is 2.78. The number of methoxy groups -OCH3 is 1. The maximum atomic E-state index is 11.7. The van der Waals surface area contributed by atoms with Crippen LogP contribution in [-0.2, 0) is 16.1 Å². The highest BCUT2D eigenvalue weighted by molar-refractivity contribution is 5.81. The predicted octanol–water partition coefficient (Wildman–Crippen LogP) is 0.705. The van der Waals surface area contributed by atoms with Gasteiger partial charge in [0, 0.05) is 32.4 Å². The van der Waals surface area contributed by atoms with Gasteiger partial charge in [-0.05, 0) is 26.8 Å². The number of nitrogens with one attached hydrogen (secondary N) is 2. The van der Waals surface area contributed by atoms with E-state index in [-0.39, 0.29) is 11.9 Å². The van der Waals surface area contributed by atoms with Gasteiger partial charge in [-0.3, -0.25) is 9.48 Å². The zero-order valence-corrected chi connectivity index (χ0v) is 12.1. The molecule has 0 bridgehead atoms. The highest BCUT2D eigenvalue weighted by Crippen LogP contribution is 2.04. The Bertz CT molecular complexity index is 390. The third kappa shape index (κ3) is 5.40. The molecule has 0 fully saturated rings. The first-order valence-electron chi connectivity index (χ1n) is 6.58. The maximum absolute atomic E-state index is 11.7. The molecule has 0 saturated carbocycles. The summed E-state index contributed by atoms with van der Waals surface area (Å²) in [6, 6.07) is 2.06. The first-order chi connectivity index (χ1) is 9.04. The molecule has 2 N–H and O–H groups in total. The van der Waals surface area contributed by atoms with E-state index in [0.29, 0.717) is 25.7 Å². The molecule has 19 heavy (non-hydrogen) atoms. The summed E-state index contributed by atoms with van der Waals surface area (Å²) in [5.74, 6) is -0.0275. The molecule has 1 amide bonds. The first-order valence-corrected chi connectivity index (χ1v) is 6.58. The molecule has 0 radical (unpaired) electrons. The second-order valence-corrected chi connectivity index (χ2v) is 4.77. The number of carbonyl (C=O) groups excluding carboxylic acids is 1. The molecule has 1 aromatic heterocycles. The van der Waals surface area contributed by atoms with E-state index in [2.05, 4.69) is 29.6 Å². The maximum Gasteiger partial charge on any atom is 0.236 e. The summed E-state index contributed by atoms with van der Waals surface area (Å²) in [6.45, 7) is 7.63. The molecular weight excluding hydrogens is 244 g/mol. The summed E-state index contributed by atoms with van der Waals surface area (Å²) in [5, 5.41) is 10.4. The molecule has 0 aliphatic rings. The number of nitrogens with zero attached hydrogens (tertiary/aromatic N) is 2. The van der Waals surface area contributed by atoms with Crippen molar-refractivity contribution in [3.63, 3.8) is 0 Å². The number of ether oxygens (including phenoxy) is 1. The third-order valence-electron chi connectivity index (χ3n) is 2.78. The van der Waals surface area contributed by atoms with Crippen molar-refractivity contribution in [3.8, 4) is 0 Å². The standard InChI is InChI=1S/C13H24N4O2/c1-10(2)17-7-5-12(16-17)9-15-11(3)13(18)14-6-8-19-4/h5,7,10-11,15H,6,8-9H2,1-4H3,(H,14,18). The van der Waals surface area contributed by atoms with E-state index >= 15 is 0 Å². The van der Waals surface area contributed by atoms with E-state index in [0.717, 1.165) is 5.69 Å². The molecule has 0 aliphatic heterocycles. The predicted molar refractivity (Wildman–Crippen MR) is 73.8 cm³/mol. The van der Waals surface area contributed by atoms with Crippen molar-refractivity contribution in [2.75, 3.05) is 20.3 Å². The lowest BCUT2D eigenvalue weighted by Gasteiger charge is -2.13. The van der Waals surface area contributed by atoms with Crippen LogP contribution in [0.2, 0.25) is 0 Å². The Morgan fingerprint density at radius 1 is 1.47 bits per heavy atom. The van der Waals surface area contributed by atoms with Crippen LogP contribution in [0.1, 0.15) is 32.5 Å². The highest BCUT2D eigenvalue weighted by atomic mass is 16.5. The van der Waals surface area contributed by atoms with Gasteiger partial charge in [-0.25, -0.2) is 0 Å². The van der Waals surface area contributed by atoms with E-state index in [9.17, 15) is 4.79 Å². The van der Waals surface area contributed by atoms with Gasteiger partial charge in [-0.2, -0.15) is 5.10 Å². The van der Waals surface area contributed by atoms with Gasteiger partial charge in [0.25, 0.3) is 0 Å². The molecule has 1 aromatic rings. The molecule has 6 heteroatoms. The van der Waals surface area contributed by atoms with Gasteiger partial charge in [-0.15, -0.1) is 0 Å². The summed E-state index contributed by atoms with van der Waals surface area (Å²) in [4.78, 5) is 11.7. The number of hydrogen-bond acceptors (Lipinski definition) is 4. The Hall–Kier alpha value is -1.40. The van der Waals surface area contributed by atoms with Crippen molar-refractivity contribution in [1.82, 2.24) is 20.4 Å². The fraction of sp³-hybridized carbons (Fsp3) is 0.692. The van der Waals surface area contributed by atoms with Crippen LogP contribution in [0.3, 0.4) is 0 Å². The molecule has 1 heterocycles. The summed E-state index contributed by atoms with van der Waals surface area (Å²) in [7, 11) is 1.61. The van der Waals surface area contributed by atoms with Gasteiger partial charge < -0.3 is 15.4 Å². The Kier molecular flexibility index (Phi) is 6.52. The average Bonchev–Trinajstić information content (AvgIpc) is 2.85. The molecule has 108 valence electrons. The highest BCUT2D eigenvalue weighted by Gasteiger charge is 2.12. The fourth-order valence-electron chi connectivity index (χ4n) is 1.54. The van der Waals surface area contributed by atoms with Crippen LogP contribution in [0.15, 0.2) is 12.3 Å². The molecule has 1 atom stereocenters. The van der Waals surface area contributed by atoms with Crippen molar-refractivity contribution in [2.24, 2.45) is 0 Å². The Balaban J connectivity index is 2.32. The minimum absolute atomic E-state index is 0.0275. The van der Waals surface area contributed by atoms with Crippen molar-refractivity contribution in [2.45, 2.75) is 39.4 Å². The summed E-state index contributed by atoms with van der Waals surface area (Å²) >= 11 is 0. The fourth-order valence-corrected chi connectivity index (χ4v) is 1.54. The zero-order chi connectivity index (χ0) is 14.3. The lowest BCUT2D eigenvalue weighted by molar-refractivity contribution is -0.122. The van der Waals surface area contributed by atoms with Crippen LogP contribution in [-0.4, -0.2) is 42.0 Å². The normalized spacial score (nSPS) is 12.7. The van der Waals surface area contributed by atoms with Gasteiger partial charge in [0.05, 0.1) is 18.3 Å². The van der Waals surface area contributed by atoms with E-state index < -0.39 is 0 Å². The van der Waals surface area contributed by atoms with Crippen LogP contribution < -0.4 is 10.6 Å². The van der Waals surface area contributed by atoms with Gasteiger partial charge in [0.1, 0.15) is 0 Å². The molecule has 0 aromatic carbocycles. The van der Waals surface area contributed by atoms with E-state index in [1.165, 1.54) is 0 Å². The lowest BCUT2D eigenvalue weighted by atomic mass is 10.3. The number of carbonyl (C=O) groups is 1. The number of amides is 1. The lowest BCUT2D eigenvalue weighted by Crippen LogP contribution is -2.42. The van der Waals surface area contributed by atoms with E-state index in [1.54, 1.807) is 7.11 Å². The quantitative estimate of drug-likeness (QED) is 0.681. The Morgan fingerprint density at radius 2 is 2.21 bits per heavy atom. The molecule has 1 unspecified atom stereocenters. The van der Waals surface area contributed by atoms with Crippen LogP contribution in [0.5, 0.6) is 0 Å². The number of rotatable bonds is 8. The molecule has 0 aliphatic carbocycles. The largest absolute Gasteiger partial charge is 0.383 e. The molecular formula is C13H24N4O2. The van der Waals surface area contributed by atoms with Crippen LogP contribution in [0, 0.1) is 0 Å². The first kappa shape index (κ1) is 15.7. The van der Waals surface area contributed by atoms with Crippen molar-refractivity contribution >= 4 is 5.91 Å². The molecule has 0 spiro atoms. The van der Waals surface area contributed by atoms with Gasteiger partial charge in [0.2, 0.25) is 5.91 Å². The molecule has 1 rings (SSSR count). The minimum atomic E-state index is -0.249. The van der Waals surface area contributed by atoms with Gasteiger partial charge in [-0.1, -0.05) is 0 Å². The smallest absolute Gasteiger partial charge is 0.236 e. The number of hydrogen-bond donors (Lipinski definition) is 2. The Labute approximate surface area is 114 Å². The number of aromatic nitrogens is 2. The SMILES string of the molecule is COCCNC(=O)C(C)NCc1ccn(C(C)C)n1. The minimum Gasteiger partial charge on any atom is -0.383 e. The summed E-state index contributed by atoms with van der Waals surface area (Å²) in [6.07, 6.45) is 1.95. The van der Waals surface area contributed by atoms with Crippen molar-refractivity contribution in [1.29, 1.82) is 0 Å². The average molecular weight is 268 g/mol. The van der Waals surface area contributed by atoms with Crippen LogP contribution in [0.25, 0.3) is 0 Å². The van der Waals surface area contributed by atoms with Crippen LogP contribution >= 0.6 is 0 Å². The second kappa shape index (κ2) is 7.91. The van der Waals surface area contributed by atoms with Crippen molar-refractivity contribution in [3.05, 3.63) is 18.0 Å². The monoisotopic (exact) mass is 268 g/mol. The molecule has 0 saturated heterocycles.